The van der Waals surface area contributed by atoms with Crippen LogP contribution in [0.15, 0.2) is 61.2 Å². The van der Waals surface area contributed by atoms with Gasteiger partial charge in [-0.3, -0.25) is 4.90 Å². The summed E-state index contributed by atoms with van der Waals surface area (Å²) in [6, 6.07) is 13.4. The monoisotopic (exact) mass is 501 g/mol. The first-order chi connectivity index (χ1) is 17.1. The number of hydrogen-bond acceptors (Lipinski definition) is 7. The number of imidazole rings is 1. The zero-order valence-corrected chi connectivity index (χ0v) is 20.9. The molecule has 1 atom stereocenters. The topological polar surface area (TPSA) is 67.2 Å². The van der Waals surface area contributed by atoms with Gasteiger partial charge in [0.2, 0.25) is 0 Å². The summed E-state index contributed by atoms with van der Waals surface area (Å²) in [6.45, 7) is 4.80. The van der Waals surface area contributed by atoms with Gasteiger partial charge in [0.15, 0.2) is 11.5 Å². The van der Waals surface area contributed by atoms with Crippen LogP contribution in [0.1, 0.15) is 5.56 Å². The third-order valence-electron chi connectivity index (χ3n) is 5.96. The van der Waals surface area contributed by atoms with E-state index < -0.39 is 5.60 Å². The molecule has 0 N–H and O–H groups in total. The molecule has 35 heavy (non-hydrogen) atoms. The van der Waals surface area contributed by atoms with Crippen LogP contribution in [0.25, 0.3) is 0 Å². The van der Waals surface area contributed by atoms with Gasteiger partial charge in [-0.15, -0.1) is 0 Å². The second-order valence-corrected chi connectivity index (χ2v) is 8.97. The van der Waals surface area contributed by atoms with Crippen LogP contribution < -0.4 is 14.2 Å². The maximum Gasteiger partial charge on any atom is 0.161 e. The molecule has 0 saturated carbocycles. The van der Waals surface area contributed by atoms with Gasteiger partial charge in [0.05, 0.1) is 33.2 Å². The van der Waals surface area contributed by atoms with Crippen LogP contribution in [-0.4, -0.2) is 73.8 Å². The molecule has 0 spiro atoms. The molecule has 4 rings (SSSR count). The quantitative estimate of drug-likeness (QED) is 0.394. The number of aromatic nitrogens is 2. The Kier molecular flexibility index (Phi) is 8.87. The third kappa shape index (κ3) is 7.11. The molecule has 2 aromatic carbocycles. The molecule has 1 unspecified atom stereocenters. The SMILES string of the molecule is COc1ccc(CN2CCOCC(COc3cccc(Cl)c3)(OC)C2)cc1OCCn1ccnc1. The Balaban J connectivity index is 1.41. The van der Waals surface area contributed by atoms with E-state index in [0.29, 0.717) is 62.6 Å². The molecule has 9 heteroatoms. The normalized spacial score (nSPS) is 18.7. The molecule has 0 radical (unpaired) electrons. The third-order valence-corrected chi connectivity index (χ3v) is 6.20. The number of rotatable bonds is 11. The van der Waals surface area contributed by atoms with Crippen molar-refractivity contribution in [1.29, 1.82) is 0 Å². The molecule has 8 nitrogen and oxygen atoms in total. The van der Waals surface area contributed by atoms with Crippen LogP contribution >= 0.6 is 11.6 Å². The number of ether oxygens (including phenoxy) is 5. The molecule has 1 aromatic heterocycles. The van der Waals surface area contributed by atoms with E-state index in [1.165, 1.54) is 0 Å². The minimum atomic E-state index is -0.602. The molecule has 1 fully saturated rings. The van der Waals surface area contributed by atoms with E-state index >= 15 is 0 Å². The van der Waals surface area contributed by atoms with E-state index in [4.69, 9.17) is 35.3 Å². The van der Waals surface area contributed by atoms with Crippen molar-refractivity contribution < 1.29 is 23.7 Å². The van der Waals surface area contributed by atoms with Crippen molar-refractivity contribution in [3.05, 3.63) is 71.8 Å². The number of hydrogen-bond donors (Lipinski definition) is 0. The van der Waals surface area contributed by atoms with Gasteiger partial charge in [0.1, 0.15) is 24.6 Å². The van der Waals surface area contributed by atoms with E-state index in [0.717, 1.165) is 17.9 Å². The highest BCUT2D eigenvalue weighted by Gasteiger charge is 2.36. The minimum Gasteiger partial charge on any atom is -0.493 e. The van der Waals surface area contributed by atoms with Crippen LogP contribution in [0.5, 0.6) is 17.2 Å². The van der Waals surface area contributed by atoms with E-state index in [1.54, 1.807) is 32.8 Å². The molecule has 0 bridgehead atoms. The maximum absolute atomic E-state index is 6.10. The van der Waals surface area contributed by atoms with Gasteiger partial charge in [-0.2, -0.15) is 0 Å². The Bertz CT molecular complexity index is 1060. The van der Waals surface area contributed by atoms with Gasteiger partial charge in [0, 0.05) is 44.2 Å². The van der Waals surface area contributed by atoms with Crippen molar-refractivity contribution in [3.8, 4) is 17.2 Å². The predicted octanol–water partition coefficient (Wildman–Crippen LogP) is 3.92. The fourth-order valence-corrected chi connectivity index (χ4v) is 4.21. The van der Waals surface area contributed by atoms with Crippen LogP contribution in [0.3, 0.4) is 0 Å². The van der Waals surface area contributed by atoms with Crippen molar-refractivity contribution in [2.24, 2.45) is 0 Å². The lowest BCUT2D eigenvalue weighted by molar-refractivity contribution is -0.0925. The van der Waals surface area contributed by atoms with E-state index in [1.807, 2.05) is 41.1 Å². The minimum absolute atomic E-state index is 0.353. The highest BCUT2D eigenvalue weighted by atomic mass is 35.5. The van der Waals surface area contributed by atoms with Gasteiger partial charge in [-0.05, 0) is 35.9 Å². The first-order valence-corrected chi connectivity index (χ1v) is 12.0. The Morgan fingerprint density at radius 1 is 1.11 bits per heavy atom. The number of nitrogens with zero attached hydrogens (tertiary/aromatic N) is 3. The lowest BCUT2D eigenvalue weighted by atomic mass is 10.1. The van der Waals surface area contributed by atoms with Crippen molar-refractivity contribution in [2.75, 3.05) is 53.7 Å². The van der Waals surface area contributed by atoms with E-state index in [2.05, 4.69) is 16.0 Å². The average molecular weight is 502 g/mol. The lowest BCUT2D eigenvalue weighted by Gasteiger charge is -2.34. The van der Waals surface area contributed by atoms with Crippen molar-refractivity contribution >= 4 is 11.6 Å². The molecule has 2 heterocycles. The summed E-state index contributed by atoms with van der Waals surface area (Å²) in [5.74, 6) is 2.13. The van der Waals surface area contributed by atoms with Crippen LogP contribution in [0, 0.1) is 0 Å². The molecular formula is C26H32ClN3O5. The molecule has 1 aliphatic heterocycles. The Labute approximate surface area is 211 Å². The molecule has 1 saturated heterocycles. The van der Waals surface area contributed by atoms with E-state index in [9.17, 15) is 0 Å². The summed E-state index contributed by atoms with van der Waals surface area (Å²) in [5.41, 5.74) is 0.515. The predicted molar refractivity (Wildman–Crippen MR) is 133 cm³/mol. The fourth-order valence-electron chi connectivity index (χ4n) is 4.03. The van der Waals surface area contributed by atoms with Crippen LogP contribution in [-0.2, 0) is 22.6 Å². The average Bonchev–Trinajstić information content (AvgIpc) is 3.30. The molecule has 0 aliphatic carbocycles. The molecule has 0 amide bonds. The lowest BCUT2D eigenvalue weighted by Crippen LogP contribution is -2.50. The zero-order valence-electron chi connectivity index (χ0n) is 20.2. The second-order valence-electron chi connectivity index (χ2n) is 8.53. The Morgan fingerprint density at radius 2 is 2.03 bits per heavy atom. The Hall–Kier alpha value is -2.78. The fraction of sp³-hybridized carbons (Fsp3) is 0.423. The summed E-state index contributed by atoms with van der Waals surface area (Å²) in [6.07, 6.45) is 5.44. The van der Waals surface area contributed by atoms with Crippen LogP contribution in [0.4, 0.5) is 0 Å². The summed E-state index contributed by atoms with van der Waals surface area (Å²) in [7, 11) is 3.35. The van der Waals surface area contributed by atoms with Crippen molar-refractivity contribution in [1.82, 2.24) is 14.5 Å². The molecule has 3 aromatic rings. The number of halogens is 1. The zero-order chi connectivity index (χ0) is 24.5. The first kappa shape index (κ1) is 25.3. The van der Waals surface area contributed by atoms with Crippen LogP contribution in [0.2, 0.25) is 5.02 Å². The largest absolute Gasteiger partial charge is 0.493 e. The van der Waals surface area contributed by atoms with Gasteiger partial charge in [-0.1, -0.05) is 23.7 Å². The summed E-state index contributed by atoms with van der Waals surface area (Å²) >= 11 is 6.10. The number of benzene rings is 2. The van der Waals surface area contributed by atoms with E-state index in [-0.39, 0.29) is 0 Å². The summed E-state index contributed by atoms with van der Waals surface area (Å²) in [5, 5.41) is 0.635. The van der Waals surface area contributed by atoms with Gasteiger partial charge in [-0.25, -0.2) is 4.98 Å². The highest BCUT2D eigenvalue weighted by Crippen LogP contribution is 2.29. The van der Waals surface area contributed by atoms with Gasteiger partial charge in [0.25, 0.3) is 0 Å². The standard InChI is InChI=1S/C26H32ClN3O5/c1-31-24-7-6-21(14-25(24)34-13-11-29-9-8-28-20-29)16-30-10-12-33-18-26(17-30,32-2)19-35-23-5-3-4-22(27)15-23/h3-9,14-15,20H,10-13,16-19H2,1-2H3. The second kappa shape index (κ2) is 12.3. The Morgan fingerprint density at radius 3 is 2.80 bits per heavy atom. The summed E-state index contributed by atoms with van der Waals surface area (Å²) < 4.78 is 31.4. The maximum atomic E-state index is 6.10. The highest BCUT2D eigenvalue weighted by molar-refractivity contribution is 6.30. The van der Waals surface area contributed by atoms with Gasteiger partial charge >= 0.3 is 0 Å². The first-order valence-electron chi connectivity index (χ1n) is 11.6. The molecule has 1 aliphatic rings. The van der Waals surface area contributed by atoms with Crippen molar-refractivity contribution in [3.63, 3.8) is 0 Å². The number of methoxy groups -OCH3 is 2. The van der Waals surface area contributed by atoms with Gasteiger partial charge < -0.3 is 28.3 Å². The smallest absolute Gasteiger partial charge is 0.161 e. The van der Waals surface area contributed by atoms with Crippen molar-refractivity contribution in [2.45, 2.75) is 18.7 Å². The summed E-state index contributed by atoms with van der Waals surface area (Å²) in [4.78, 5) is 6.38. The molecular weight excluding hydrogens is 470 g/mol. The molecule has 188 valence electrons.